The molecule has 0 atom stereocenters. The van der Waals surface area contributed by atoms with Gasteiger partial charge in [-0.2, -0.15) is 5.26 Å². The second kappa shape index (κ2) is 7.23. The van der Waals surface area contributed by atoms with Gasteiger partial charge in [0.15, 0.2) is 5.16 Å². The lowest BCUT2D eigenvalue weighted by Crippen LogP contribution is -2.14. The number of thioether (sulfide) groups is 1. The molecule has 1 aromatic carbocycles. The number of hydrogen-bond donors (Lipinski definition) is 1. The van der Waals surface area contributed by atoms with E-state index in [1.54, 1.807) is 25.7 Å². The van der Waals surface area contributed by atoms with E-state index in [9.17, 15) is 10.1 Å². The molecule has 7 nitrogen and oxygen atoms in total. The molecule has 0 unspecified atom stereocenters. The summed E-state index contributed by atoms with van der Waals surface area (Å²) in [6.45, 7) is 0.553. The van der Waals surface area contributed by atoms with Gasteiger partial charge in [-0.25, -0.2) is 9.97 Å². The summed E-state index contributed by atoms with van der Waals surface area (Å²) in [5, 5.41) is 9.81. The van der Waals surface area contributed by atoms with Crippen molar-refractivity contribution in [3.05, 3.63) is 58.4 Å². The minimum Gasteiger partial charge on any atom is -0.496 e. The first-order chi connectivity index (χ1) is 12.2. The number of nitrogens with zero attached hydrogens (tertiary/aromatic N) is 4. The van der Waals surface area contributed by atoms with Gasteiger partial charge in [0.25, 0.3) is 5.56 Å². The van der Waals surface area contributed by atoms with Gasteiger partial charge >= 0.3 is 0 Å². The predicted octanol–water partition coefficient (Wildman–Crippen LogP) is 2.28. The number of hydrogen-bond acceptors (Lipinski definition) is 6. The molecule has 2 heterocycles. The Balaban J connectivity index is 2.14. The second-order valence-electron chi connectivity index (χ2n) is 5.17. The minimum atomic E-state index is -0.441. The van der Waals surface area contributed by atoms with Gasteiger partial charge in [0.1, 0.15) is 17.4 Å². The molecule has 0 spiro atoms. The van der Waals surface area contributed by atoms with Gasteiger partial charge in [0.2, 0.25) is 0 Å². The summed E-state index contributed by atoms with van der Waals surface area (Å²) in [4.78, 5) is 23.2. The fraction of sp³-hybridized carbons (Fsp3) is 0.176. The number of aromatic nitrogens is 4. The Morgan fingerprint density at radius 3 is 2.92 bits per heavy atom. The van der Waals surface area contributed by atoms with Gasteiger partial charge in [0, 0.05) is 23.5 Å². The molecular formula is C17H15N5O2S. The summed E-state index contributed by atoms with van der Waals surface area (Å²) in [6.07, 6.45) is 7.08. The highest BCUT2D eigenvalue weighted by Crippen LogP contribution is 2.28. The zero-order chi connectivity index (χ0) is 17.8. The number of aromatic amines is 1. The minimum absolute atomic E-state index is 0.00320. The van der Waals surface area contributed by atoms with E-state index in [0.29, 0.717) is 28.7 Å². The van der Waals surface area contributed by atoms with E-state index in [2.05, 4.69) is 15.0 Å². The molecule has 3 rings (SSSR count). The van der Waals surface area contributed by atoms with Crippen molar-refractivity contribution in [1.29, 1.82) is 5.26 Å². The van der Waals surface area contributed by atoms with Crippen LogP contribution < -0.4 is 10.3 Å². The maximum Gasteiger partial charge on any atom is 0.270 e. The van der Waals surface area contributed by atoms with Gasteiger partial charge < -0.3 is 14.3 Å². The Morgan fingerprint density at radius 2 is 2.28 bits per heavy atom. The van der Waals surface area contributed by atoms with E-state index in [1.165, 1.54) is 11.8 Å². The first kappa shape index (κ1) is 16.8. The van der Waals surface area contributed by atoms with Crippen LogP contribution in [0.25, 0.3) is 11.3 Å². The highest BCUT2D eigenvalue weighted by Gasteiger charge is 2.15. The number of nitriles is 1. The Morgan fingerprint density at radius 1 is 1.44 bits per heavy atom. The standard InChI is InChI=1S/C17H15N5O2S/c1-24-14-4-3-11(7-12(14)9-22-6-5-19-10-22)15-13(8-18)16(23)21-17(20-15)25-2/h3-7,10H,9H2,1-2H3,(H,20,21,23). The third-order valence-corrected chi connectivity index (χ3v) is 4.25. The first-order valence-electron chi connectivity index (χ1n) is 7.37. The molecule has 8 heteroatoms. The normalized spacial score (nSPS) is 10.4. The number of nitrogens with one attached hydrogen (secondary N) is 1. The van der Waals surface area contributed by atoms with E-state index < -0.39 is 5.56 Å². The number of benzene rings is 1. The zero-order valence-electron chi connectivity index (χ0n) is 13.7. The summed E-state index contributed by atoms with van der Waals surface area (Å²) < 4.78 is 7.33. The molecule has 0 aliphatic rings. The third-order valence-electron chi connectivity index (χ3n) is 3.67. The van der Waals surface area contributed by atoms with Crippen molar-refractivity contribution in [3.8, 4) is 23.1 Å². The van der Waals surface area contributed by atoms with E-state index in [1.807, 2.05) is 35.2 Å². The van der Waals surface area contributed by atoms with E-state index in [-0.39, 0.29) is 5.56 Å². The van der Waals surface area contributed by atoms with E-state index in [4.69, 9.17) is 4.74 Å². The fourth-order valence-corrected chi connectivity index (χ4v) is 2.87. The summed E-state index contributed by atoms with van der Waals surface area (Å²) in [6, 6.07) is 7.43. The highest BCUT2D eigenvalue weighted by molar-refractivity contribution is 7.98. The lowest BCUT2D eigenvalue weighted by atomic mass is 10.0. The number of H-pyrrole nitrogens is 1. The molecule has 3 aromatic rings. The van der Waals surface area contributed by atoms with Crippen molar-refractivity contribution in [2.75, 3.05) is 13.4 Å². The van der Waals surface area contributed by atoms with Crippen LogP contribution in [0.15, 0.2) is 46.9 Å². The van der Waals surface area contributed by atoms with Crippen LogP contribution in [-0.2, 0) is 6.54 Å². The molecule has 0 saturated heterocycles. The lowest BCUT2D eigenvalue weighted by molar-refractivity contribution is 0.408. The largest absolute Gasteiger partial charge is 0.496 e. The van der Waals surface area contributed by atoms with Crippen LogP contribution in [0.1, 0.15) is 11.1 Å². The van der Waals surface area contributed by atoms with Crippen molar-refractivity contribution in [1.82, 2.24) is 19.5 Å². The maximum absolute atomic E-state index is 12.1. The highest BCUT2D eigenvalue weighted by atomic mass is 32.2. The Kier molecular flexibility index (Phi) is 4.86. The molecule has 0 aliphatic heterocycles. The summed E-state index contributed by atoms with van der Waals surface area (Å²) in [7, 11) is 1.60. The van der Waals surface area contributed by atoms with Crippen molar-refractivity contribution in [3.63, 3.8) is 0 Å². The van der Waals surface area contributed by atoms with Crippen molar-refractivity contribution < 1.29 is 4.74 Å². The van der Waals surface area contributed by atoms with Gasteiger partial charge in [-0.05, 0) is 24.5 Å². The quantitative estimate of drug-likeness (QED) is 0.558. The van der Waals surface area contributed by atoms with Gasteiger partial charge in [-0.3, -0.25) is 4.79 Å². The first-order valence-corrected chi connectivity index (χ1v) is 8.60. The van der Waals surface area contributed by atoms with Crippen LogP contribution >= 0.6 is 11.8 Å². The monoisotopic (exact) mass is 353 g/mol. The number of methoxy groups -OCH3 is 1. The summed E-state index contributed by atoms with van der Waals surface area (Å²) >= 11 is 1.31. The van der Waals surface area contributed by atoms with Crippen LogP contribution in [0.5, 0.6) is 5.75 Å². The maximum atomic E-state index is 12.1. The molecule has 0 aliphatic carbocycles. The SMILES string of the molecule is COc1ccc(-c2nc(SC)[nH]c(=O)c2C#N)cc1Cn1ccnc1. The third kappa shape index (κ3) is 3.41. The van der Waals surface area contributed by atoms with Crippen LogP contribution in [-0.4, -0.2) is 32.9 Å². The second-order valence-corrected chi connectivity index (χ2v) is 5.97. The van der Waals surface area contributed by atoms with Crippen LogP contribution in [0.2, 0.25) is 0 Å². The fourth-order valence-electron chi connectivity index (χ4n) is 2.49. The molecule has 0 bridgehead atoms. The lowest BCUT2D eigenvalue weighted by Gasteiger charge is -2.12. The number of rotatable bonds is 5. The molecule has 0 fully saturated rings. The van der Waals surface area contributed by atoms with Crippen molar-refractivity contribution in [2.24, 2.45) is 0 Å². The summed E-state index contributed by atoms with van der Waals surface area (Å²) in [5.41, 5.74) is 1.51. The van der Waals surface area contributed by atoms with Crippen molar-refractivity contribution >= 4 is 11.8 Å². The topological polar surface area (TPSA) is 96.6 Å². The van der Waals surface area contributed by atoms with Crippen LogP contribution in [0, 0.1) is 11.3 Å². The number of ether oxygens (including phenoxy) is 1. The molecule has 2 aromatic heterocycles. The van der Waals surface area contributed by atoms with E-state index in [0.717, 1.165) is 5.56 Å². The summed E-state index contributed by atoms with van der Waals surface area (Å²) in [5.74, 6) is 0.714. The zero-order valence-corrected chi connectivity index (χ0v) is 14.5. The van der Waals surface area contributed by atoms with Gasteiger partial charge in [0.05, 0.1) is 25.7 Å². The number of imidazole rings is 1. The smallest absolute Gasteiger partial charge is 0.270 e. The molecule has 1 N–H and O–H groups in total. The Hall–Kier alpha value is -3.05. The van der Waals surface area contributed by atoms with E-state index >= 15 is 0 Å². The molecule has 0 amide bonds. The molecule has 126 valence electrons. The Bertz CT molecular complexity index is 989. The molecule has 0 radical (unpaired) electrons. The molecule has 0 saturated carbocycles. The van der Waals surface area contributed by atoms with Gasteiger partial charge in [-0.1, -0.05) is 11.8 Å². The predicted molar refractivity (Wildman–Crippen MR) is 94.7 cm³/mol. The molecular weight excluding hydrogens is 338 g/mol. The van der Waals surface area contributed by atoms with Crippen LogP contribution in [0.4, 0.5) is 0 Å². The van der Waals surface area contributed by atoms with Crippen LogP contribution in [0.3, 0.4) is 0 Å². The average molecular weight is 353 g/mol. The Labute approximate surface area is 148 Å². The van der Waals surface area contributed by atoms with Gasteiger partial charge in [-0.15, -0.1) is 0 Å². The average Bonchev–Trinajstić information content (AvgIpc) is 3.14. The molecule has 25 heavy (non-hydrogen) atoms. The van der Waals surface area contributed by atoms with Crippen molar-refractivity contribution in [2.45, 2.75) is 11.7 Å².